The van der Waals surface area contributed by atoms with Gasteiger partial charge in [-0.1, -0.05) is 104 Å². The molecular formula is C60H45N4O2Pt-3. The average Bonchev–Trinajstić information content (AvgIpc) is 3.60. The van der Waals surface area contributed by atoms with Crippen molar-refractivity contribution in [1.29, 1.82) is 0 Å². The molecule has 4 aliphatic heterocycles. The van der Waals surface area contributed by atoms with Gasteiger partial charge in [0.1, 0.15) is 17.3 Å². The SMILES string of the molecule is [2H]c1c(C([2H])([2H])[2H])c([2H])c2c3ccc4[c-]c3n(c2c1[2H])-c1cc(C([2H])([2H])[2H])c(cn1)-c1ccc(cc1)Oc1cccc(c1)-c1cc(C([2H])([2H])C(C)C)cc(-c2ccccc2)c1N1[CH-]N(c2[c-]c(ccc2)O4)c2ccccc21.[Pt]. The molecule has 12 bridgehead atoms. The third-order valence-corrected chi connectivity index (χ3v) is 11.8. The van der Waals surface area contributed by atoms with E-state index in [1.54, 1.807) is 42.5 Å². The Hall–Kier alpha value is -7.40. The first-order valence-electron chi connectivity index (χ1n) is 27.1. The minimum Gasteiger partial charge on any atom is -0.509 e. The van der Waals surface area contributed by atoms with Gasteiger partial charge in [0.25, 0.3) is 0 Å². The number of aromatic nitrogens is 2. The van der Waals surface area contributed by atoms with E-state index in [-0.39, 0.29) is 71.8 Å². The monoisotopic (exact) mass is 1060 g/mol. The van der Waals surface area contributed by atoms with Crippen LogP contribution in [0, 0.1) is 38.4 Å². The Morgan fingerprint density at radius 1 is 0.672 bits per heavy atom. The zero-order valence-corrected chi connectivity index (χ0v) is 38.4. The van der Waals surface area contributed by atoms with E-state index < -0.39 is 43.8 Å². The van der Waals surface area contributed by atoms with Crippen molar-refractivity contribution in [2.45, 2.75) is 33.9 Å². The second kappa shape index (κ2) is 17.1. The van der Waals surface area contributed by atoms with Crippen LogP contribution in [0.1, 0.15) is 45.6 Å². The van der Waals surface area contributed by atoms with Crippen LogP contribution in [-0.2, 0) is 27.4 Å². The number of para-hydroxylation sites is 2. The Bertz CT molecular complexity index is 4010. The number of fused-ring (bicyclic) bond motifs is 5. The Morgan fingerprint density at radius 3 is 2.22 bits per heavy atom. The Kier molecular flexibility index (Phi) is 8.04. The maximum atomic E-state index is 9.44. The number of aryl methyl sites for hydroxylation is 1. The van der Waals surface area contributed by atoms with Gasteiger partial charge in [-0.2, -0.15) is 12.1 Å². The molecule has 0 aliphatic carbocycles. The van der Waals surface area contributed by atoms with Crippen molar-refractivity contribution >= 4 is 44.6 Å². The van der Waals surface area contributed by atoms with Gasteiger partial charge in [0.15, 0.2) is 0 Å². The standard InChI is InChI=1S/C60H45N4O2.Pt/c1-38(2)28-41-31-51(42-12-6-5-7-13-42)60-52(32-41)44-14-10-16-47(33-44)65-46-23-21-43(22-24-46)54-36-61-59(30-40(54)4)64-55-27-20-39(3)29-53(55)50-26-25-49(35-58(50)64)66-48-17-11-15-45(34-48)62-37-63(60)57-19-9-8-18-56(57)62;/h5-27,29-33,36-38H,28H2,1-4H3;/q-3;/i3D3,4D3,20D,27D,28D2,29D;. The number of hydrogen-bond donors (Lipinski definition) is 0. The van der Waals surface area contributed by atoms with Gasteiger partial charge in [-0.3, -0.25) is 0 Å². The van der Waals surface area contributed by atoms with Gasteiger partial charge in [-0.15, -0.1) is 48.1 Å². The van der Waals surface area contributed by atoms with Crippen LogP contribution in [0.15, 0.2) is 176 Å². The summed E-state index contributed by atoms with van der Waals surface area (Å²) >= 11 is 0. The Balaban J connectivity index is 0.00000645. The maximum Gasteiger partial charge on any atom is 0.135 e. The number of anilines is 4. The fourth-order valence-electron chi connectivity index (χ4n) is 8.97. The largest absolute Gasteiger partial charge is 0.509 e. The van der Waals surface area contributed by atoms with E-state index >= 15 is 0 Å². The van der Waals surface area contributed by atoms with Crippen molar-refractivity contribution in [2.75, 3.05) is 9.80 Å². The molecule has 0 saturated heterocycles. The number of hydrogen-bond acceptors (Lipinski definition) is 5. The van der Waals surface area contributed by atoms with E-state index in [4.69, 9.17) is 24.1 Å². The number of nitrogens with zero attached hydrogens (tertiary/aromatic N) is 4. The summed E-state index contributed by atoms with van der Waals surface area (Å²) in [6.07, 6.45) is -0.302. The third kappa shape index (κ3) is 7.65. The molecule has 6 heterocycles. The van der Waals surface area contributed by atoms with E-state index in [2.05, 4.69) is 17.0 Å². The van der Waals surface area contributed by atoms with Gasteiger partial charge >= 0.3 is 0 Å². The van der Waals surface area contributed by atoms with Gasteiger partial charge < -0.3 is 23.8 Å². The predicted octanol–water partition coefficient (Wildman–Crippen LogP) is 15.9. The van der Waals surface area contributed by atoms with E-state index in [0.29, 0.717) is 33.7 Å². The van der Waals surface area contributed by atoms with Crippen molar-refractivity contribution in [3.05, 3.63) is 211 Å². The molecule has 0 unspecified atom stereocenters. The molecule has 4 aliphatic rings. The zero-order valence-electron chi connectivity index (χ0n) is 47.1. The molecule has 0 N–H and O–H groups in total. The molecule has 8 aromatic carbocycles. The quantitative estimate of drug-likeness (QED) is 0.165. The van der Waals surface area contributed by atoms with Gasteiger partial charge in [0.05, 0.1) is 4.11 Å². The first-order valence-corrected chi connectivity index (χ1v) is 21.6. The fraction of sp³-hybridized carbons (Fsp3) is 0.100. The van der Waals surface area contributed by atoms with Crippen LogP contribution >= 0.6 is 0 Å². The van der Waals surface area contributed by atoms with Gasteiger partial charge in [-0.25, -0.2) is 4.98 Å². The number of pyridine rings is 1. The summed E-state index contributed by atoms with van der Waals surface area (Å²) in [7, 11) is 0. The van der Waals surface area contributed by atoms with Gasteiger partial charge in [0.2, 0.25) is 0 Å². The van der Waals surface area contributed by atoms with Gasteiger partial charge in [-0.05, 0) is 120 Å². The van der Waals surface area contributed by atoms with E-state index in [0.717, 1.165) is 39.3 Å². The minimum absolute atomic E-state index is 0. The second-order valence-electron chi connectivity index (χ2n) is 16.6. The summed E-state index contributed by atoms with van der Waals surface area (Å²) < 4.78 is 112. The number of ether oxygens (including phenoxy) is 2. The van der Waals surface area contributed by atoms with Gasteiger partial charge in [0, 0.05) is 89.0 Å². The molecule has 0 fully saturated rings. The first kappa shape index (κ1) is 31.5. The third-order valence-electron chi connectivity index (χ3n) is 11.8. The van der Waals surface area contributed by atoms with Crippen LogP contribution in [0.3, 0.4) is 0 Å². The molecule has 67 heavy (non-hydrogen) atoms. The summed E-state index contributed by atoms with van der Waals surface area (Å²) in [5, 5.41) is 0.360. The Morgan fingerprint density at radius 2 is 1.42 bits per heavy atom. The number of benzene rings is 8. The van der Waals surface area contributed by atoms with E-state index in [1.807, 2.05) is 129 Å². The van der Waals surface area contributed by atoms with Crippen LogP contribution in [0.5, 0.6) is 23.0 Å². The first-order chi connectivity index (χ1) is 36.8. The normalized spacial score (nSPS) is 15.7. The topological polar surface area (TPSA) is 42.8 Å². The molecule has 0 atom stereocenters. The molecule has 0 radical (unpaired) electrons. The molecule has 14 rings (SSSR count). The van der Waals surface area contributed by atoms with Crippen LogP contribution in [-0.4, -0.2) is 9.55 Å². The minimum atomic E-state index is -2.90. The summed E-state index contributed by atoms with van der Waals surface area (Å²) in [6.45, 7) is 0.141. The summed E-state index contributed by atoms with van der Waals surface area (Å²) in [5.74, 6) is 1.07. The Labute approximate surface area is 421 Å². The summed E-state index contributed by atoms with van der Waals surface area (Å²) in [5.41, 5.74) is 7.04. The van der Waals surface area contributed by atoms with E-state index in [9.17, 15) is 5.48 Å². The summed E-state index contributed by atoms with van der Waals surface area (Å²) in [6, 6.07) is 51.6. The molecule has 7 heteroatoms. The molecule has 0 spiro atoms. The number of rotatable bonds is 3. The van der Waals surface area contributed by atoms with Crippen molar-refractivity contribution in [3.63, 3.8) is 0 Å². The molecule has 2 aromatic heterocycles. The predicted molar refractivity (Wildman–Crippen MR) is 269 cm³/mol. The molecule has 0 amide bonds. The van der Waals surface area contributed by atoms with Crippen LogP contribution < -0.4 is 19.3 Å². The molecule has 6 nitrogen and oxygen atoms in total. The second-order valence-corrected chi connectivity index (χ2v) is 16.6. The van der Waals surface area contributed by atoms with Crippen LogP contribution in [0.4, 0.5) is 22.7 Å². The van der Waals surface area contributed by atoms with Crippen molar-refractivity contribution in [2.24, 2.45) is 5.92 Å². The fourth-order valence-corrected chi connectivity index (χ4v) is 8.97. The molecule has 330 valence electrons. The summed E-state index contributed by atoms with van der Waals surface area (Å²) in [4.78, 5) is 8.90. The van der Waals surface area contributed by atoms with Crippen molar-refractivity contribution in [1.82, 2.24) is 9.55 Å². The van der Waals surface area contributed by atoms with Crippen molar-refractivity contribution in [3.8, 4) is 62.2 Å². The average molecular weight is 1060 g/mol. The van der Waals surface area contributed by atoms with Crippen molar-refractivity contribution < 1.29 is 45.6 Å². The zero-order chi connectivity index (χ0) is 53.9. The smallest absolute Gasteiger partial charge is 0.135 e. The maximum absolute atomic E-state index is 9.44. The van der Waals surface area contributed by atoms with Crippen LogP contribution in [0.25, 0.3) is 61.0 Å². The molecular weight excluding hydrogens is 1000 g/mol. The molecule has 0 saturated carbocycles. The van der Waals surface area contributed by atoms with E-state index in [1.165, 1.54) is 16.8 Å². The van der Waals surface area contributed by atoms with Crippen LogP contribution in [0.2, 0.25) is 0 Å². The molecule has 10 aromatic rings.